The maximum absolute atomic E-state index is 13.2. The molecule has 6 heteroatoms. The highest BCUT2D eigenvalue weighted by Crippen LogP contribution is 2.26. The van der Waals surface area contributed by atoms with Crippen molar-refractivity contribution in [3.63, 3.8) is 0 Å². The number of nitrogens with one attached hydrogen (secondary N) is 1. The molecular weight excluding hydrogens is 396 g/mol. The van der Waals surface area contributed by atoms with Crippen molar-refractivity contribution in [2.24, 2.45) is 5.92 Å². The molecule has 3 aromatic carbocycles. The van der Waals surface area contributed by atoms with Crippen molar-refractivity contribution in [2.75, 3.05) is 13.1 Å². The van der Waals surface area contributed by atoms with E-state index in [9.17, 15) is 13.2 Å². The van der Waals surface area contributed by atoms with Gasteiger partial charge in [-0.25, -0.2) is 8.42 Å². The number of nitrogens with zero attached hydrogens (tertiary/aromatic N) is 1. The van der Waals surface area contributed by atoms with Gasteiger partial charge in [0, 0.05) is 19.6 Å². The van der Waals surface area contributed by atoms with Crippen LogP contribution in [-0.4, -0.2) is 31.7 Å². The quantitative estimate of drug-likeness (QED) is 0.679. The van der Waals surface area contributed by atoms with E-state index in [1.165, 1.54) is 4.31 Å². The van der Waals surface area contributed by atoms with Gasteiger partial charge in [-0.1, -0.05) is 60.2 Å². The number of aryl methyl sites for hydroxylation is 1. The average Bonchev–Trinajstić information content (AvgIpc) is 2.77. The van der Waals surface area contributed by atoms with Crippen molar-refractivity contribution in [2.45, 2.75) is 31.2 Å². The molecule has 156 valence electrons. The first-order valence-electron chi connectivity index (χ1n) is 10.3. The molecular formula is C24H26N2O3S. The van der Waals surface area contributed by atoms with E-state index in [2.05, 4.69) is 5.32 Å². The molecule has 1 N–H and O–H groups in total. The number of amides is 1. The van der Waals surface area contributed by atoms with E-state index >= 15 is 0 Å². The van der Waals surface area contributed by atoms with E-state index in [0.29, 0.717) is 25.9 Å². The fraction of sp³-hybridized carbons (Fsp3) is 0.292. The molecule has 0 spiro atoms. The summed E-state index contributed by atoms with van der Waals surface area (Å²) in [6.07, 6.45) is 1.37. The predicted molar refractivity (Wildman–Crippen MR) is 118 cm³/mol. The van der Waals surface area contributed by atoms with Crippen LogP contribution < -0.4 is 5.32 Å². The monoisotopic (exact) mass is 422 g/mol. The molecule has 30 heavy (non-hydrogen) atoms. The molecule has 3 aromatic rings. The minimum Gasteiger partial charge on any atom is -0.352 e. The van der Waals surface area contributed by atoms with Crippen molar-refractivity contribution in [1.29, 1.82) is 0 Å². The molecule has 0 bridgehead atoms. The van der Waals surface area contributed by atoms with E-state index in [-0.39, 0.29) is 23.3 Å². The van der Waals surface area contributed by atoms with Crippen LogP contribution in [0.25, 0.3) is 10.8 Å². The summed E-state index contributed by atoms with van der Waals surface area (Å²) >= 11 is 0. The standard InChI is InChI=1S/C24H26N2O3S/c1-18-6-4-7-19(14-18)16-25-24(27)22-10-5-13-26(17-22)30(28,29)23-12-11-20-8-2-3-9-21(20)15-23/h2-4,6-9,11-12,14-15,22H,5,10,13,16-17H2,1H3,(H,25,27). The summed E-state index contributed by atoms with van der Waals surface area (Å²) in [6.45, 7) is 3.13. The van der Waals surface area contributed by atoms with Crippen LogP contribution in [0.1, 0.15) is 24.0 Å². The van der Waals surface area contributed by atoms with E-state index < -0.39 is 10.0 Å². The topological polar surface area (TPSA) is 66.5 Å². The Labute approximate surface area is 177 Å². The lowest BCUT2D eigenvalue weighted by molar-refractivity contribution is -0.126. The highest BCUT2D eigenvalue weighted by atomic mass is 32.2. The molecule has 1 unspecified atom stereocenters. The van der Waals surface area contributed by atoms with Crippen LogP contribution in [0, 0.1) is 12.8 Å². The van der Waals surface area contributed by atoms with E-state index in [4.69, 9.17) is 0 Å². The number of piperidine rings is 1. The Kier molecular flexibility index (Phi) is 5.88. The Morgan fingerprint density at radius 1 is 1.03 bits per heavy atom. The van der Waals surface area contributed by atoms with Gasteiger partial charge >= 0.3 is 0 Å². The molecule has 0 aromatic heterocycles. The van der Waals surface area contributed by atoms with Gasteiger partial charge in [0.1, 0.15) is 0 Å². The third-order valence-electron chi connectivity index (χ3n) is 5.66. The van der Waals surface area contributed by atoms with Gasteiger partial charge in [0.15, 0.2) is 0 Å². The van der Waals surface area contributed by atoms with E-state index in [0.717, 1.165) is 21.9 Å². The van der Waals surface area contributed by atoms with Crippen molar-refractivity contribution >= 4 is 26.7 Å². The summed E-state index contributed by atoms with van der Waals surface area (Å²) < 4.78 is 27.9. The number of carbonyl (C=O) groups is 1. The Morgan fingerprint density at radius 2 is 1.83 bits per heavy atom. The number of hydrogen-bond acceptors (Lipinski definition) is 3. The Morgan fingerprint density at radius 3 is 2.63 bits per heavy atom. The largest absolute Gasteiger partial charge is 0.352 e. The van der Waals surface area contributed by atoms with Gasteiger partial charge in [-0.05, 0) is 48.2 Å². The second-order valence-electron chi connectivity index (χ2n) is 7.92. The van der Waals surface area contributed by atoms with Crippen LogP contribution >= 0.6 is 0 Å². The molecule has 5 nitrogen and oxygen atoms in total. The second kappa shape index (κ2) is 8.58. The van der Waals surface area contributed by atoms with Crippen LogP contribution in [0.2, 0.25) is 0 Å². The molecule has 1 saturated heterocycles. The molecule has 4 rings (SSSR count). The van der Waals surface area contributed by atoms with Gasteiger partial charge in [0.25, 0.3) is 0 Å². The van der Waals surface area contributed by atoms with Gasteiger partial charge in [0.2, 0.25) is 15.9 Å². The summed E-state index contributed by atoms with van der Waals surface area (Å²) in [5.74, 6) is -0.422. The normalized spacial score (nSPS) is 17.7. The Hall–Kier alpha value is -2.70. The lowest BCUT2D eigenvalue weighted by Gasteiger charge is -2.31. The molecule has 1 aliphatic heterocycles. The zero-order valence-corrected chi connectivity index (χ0v) is 17.9. The lowest BCUT2D eigenvalue weighted by atomic mass is 9.98. The predicted octanol–water partition coefficient (Wildman–Crippen LogP) is 3.87. The van der Waals surface area contributed by atoms with Crippen molar-refractivity contribution in [3.05, 3.63) is 77.9 Å². The first-order chi connectivity index (χ1) is 14.4. The van der Waals surface area contributed by atoms with Crippen LogP contribution in [0.5, 0.6) is 0 Å². The van der Waals surface area contributed by atoms with E-state index in [1.54, 1.807) is 12.1 Å². The van der Waals surface area contributed by atoms with Crippen molar-refractivity contribution in [1.82, 2.24) is 9.62 Å². The Bertz CT molecular complexity index is 1170. The fourth-order valence-corrected chi connectivity index (χ4v) is 5.57. The first kappa shape index (κ1) is 20.6. The average molecular weight is 423 g/mol. The minimum atomic E-state index is -3.64. The third kappa shape index (κ3) is 4.40. The summed E-state index contributed by atoms with van der Waals surface area (Å²) in [6, 6.07) is 20.9. The number of fused-ring (bicyclic) bond motifs is 1. The van der Waals surface area contributed by atoms with Crippen LogP contribution in [0.4, 0.5) is 0 Å². The molecule has 1 heterocycles. The third-order valence-corrected chi connectivity index (χ3v) is 7.52. The number of hydrogen-bond donors (Lipinski definition) is 1. The second-order valence-corrected chi connectivity index (χ2v) is 9.86. The van der Waals surface area contributed by atoms with Gasteiger partial charge in [-0.2, -0.15) is 4.31 Å². The molecule has 1 amide bonds. The van der Waals surface area contributed by atoms with Crippen molar-refractivity contribution in [3.8, 4) is 0 Å². The minimum absolute atomic E-state index is 0.0880. The first-order valence-corrected chi connectivity index (χ1v) is 11.7. The molecule has 1 fully saturated rings. The smallest absolute Gasteiger partial charge is 0.243 e. The van der Waals surface area contributed by atoms with Crippen LogP contribution in [0.3, 0.4) is 0 Å². The number of rotatable bonds is 5. The number of carbonyl (C=O) groups excluding carboxylic acids is 1. The summed E-state index contributed by atoms with van der Waals surface area (Å²) in [7, 11) is -3.64. The fourth-order valence-electron chi connectivity index (χ4n) is 4.01. The highest BCUT2D eigenvalue weighted by Gasteiger charge is 2.33. The van der Waals surface area contributed by atoms with E-state index in [1.807, 2.05) is 61.5 Å². The number of benzene rings is 3. The molecule has 1 atom stereocenters. The van der Waals surface area contributed by atoms with Crippen LogP contribution in [0.15, 0.2) is 71.6 Å². The van der Waals surface area contributed by atoms with Gasteiger partial charge < -0.3 is 5.32 Å². The van der Waals surface area contributed by atoms with Gasteiger partial charge in [-0.15, -0.1) is 0 Å². The molecule has 0 radical (unpaired) electrons. The summed E-state index contributed by atoms with van der Waals surface area (Å²) in [5.41, 5.74) is 2.19. The maximum Gasteiger partial charge on any atom is 0.243 e. The molecule has 0 saturated carbocycles. The molecule has 0 aliphatic carbocycles. The highest BCUT2D eigenvalue weighted by molar-refractivity contribution is 7.89. The Balaban J connectivity index is 1.46. The zero-order chi connectivity index (χ0) is 21.1. The maximum atomic E-state index is 13.2. The molecule has 1 aliphatic rings. The van der Waals surface area contributed by atoms with Crippen molar-refractivity contribution < 1.29 is 13.2 Å². The van der Waals surface area contributed by atoms with Crippen LogP contribution in [-0.2, 0) is 21.4 Å². The number of sulfonamides is 1. The SMILES string of the molecule is Cc1cccc(CNC(=O)C2CCCN(S(=O)(=O)c3ccc4ccccc4c3)C2)c1. The summed E-state index contributed by atoms with van der Waals surface area (Å²) in [5, 5.41) is 4.87. The zero-order valence-electron chi connectivity index (χ0n) is 17.0. The van der Waals surface area contributed by atoms with Gasteiger partial charge in [-0.3, -0.25) is 4.79 Å². The lowest BCUT2D eigenvalue weighted by Crippen LogP contribution is -2.45. The van der Waals surface area contributed by atoms with Gasteiger partial charge in [0.05, 0.1) is 10.8 Å². The summed E-state index contributed by atoms with van der Waals surface area (Å²) in [4.78, 5) is 13.0.